The van der Waals surface area contributed by atoms with Crippen molar-refractivity contribution in [1.29, 1.82) is 0 Å². The van der Waals surface area contributed by atoms with Gasteiger partial charge in [0.05, 0.1) is 7.11 Å². The SMILES string of the molecule is CN=C(NCCNC(=O)c1cccc(OC)c1)NCC(C)(C)c1cccs1. The van der Waals surface area contributed by atoms with Gasteiger partial charge in [0, 0.05) is 42.5 Å². The maximum atomic E-state index is 12.2. The molecule has 7 heteroatoms. The highest BCUT2D eigenvalue weighted by atomic mass is 32.1. The minimum atomic E-state index is -0.127. The van der Waals surface area contributed by atoms with E-state index >= 15 is 0 Å². The van der Waals surface area contributed by atoms with Gasteiger partial charge >= 0.3 is 0 Å². The minimum Gasteiger partial charge on any atom is -0.497 e. The van der Waals surface area contributed by atoms with E-state index in [1.54, 1.807) is 43.7 Å². The molecule has 0 bridgehead atoms. The summed E-state index contributed by atoms with van der Waals surface area (Å²) in [6.07, 6.45) is 0. The van der Waals surface area contributed by atoms with Crippen molar-refractivity contribution in [1.82, 2.24) is 16.0 Å². The van der Waals surface area contributed by atoms with Gasteiger partial charge < -0.3 is 20.7 Å². The van der Waals surface area contributed by atoms with Gasteiger partial charge in [0.1, 0.15) is 5.75 Å². The first-order chi connectivity index (χ1) is 13.0. The second-order valence-corrected chi connectivity index (χ2v) is 7.65. The van der Waals surface area contributed by atoms with Gasteiger partial charge in [-0.25, -0.2) is 0 Å². The molecular formula is C20H28N4O2S. The first-order valence-corrected chi connectivity index (χ1v) is 9.75. The van der Waals surface area contributed by atoms with E-state index in [1.807, 2.05) is 6.07 Å². The molecule has 0 spiro atoms. The van der Waals surface area contributed by atoms with E-state index in [0.29, 0.717) is 24.4 Å². The third-order valence-electron chi connectivity index (χ3n) is 4.14. The molecule has 0 unspecified atom stereocenters. The topological polar surface area (TPSA) is 74.8 Å². The molecule has 0 atom stereocenters. The maximum Gasteiger partial charge on any atom is 0.251 e. The Hall–Kier alpha value is -2.54. The lowest BCUT2D eigenvalue weighted by Crippen LogP contribution is -2.45. The highest BCUT2D eigenvalue weighted by Gasteiger charge is 2.21. The molecule has 0 saturated heterocycles. The van der Waals surface area contributed by atoms with Crippen LogP contribution in [-0.2, 0) is 5.41 Å². The number of guanidine groups is 1. The lowest BCUT2D eigenvalue weighted by molar-refractivity contribution is 0.0954. The normalized spacial score (nSPS) is 11.8. The minimum absolute atomic E-state index is 0.0202. The van der Waals surface area contributed by atoms with E-state index in [4.69, 9.17) is 4.74 Å². The maximum absolute atomic E-state index is 12.2. The number of nitrogens with zero attached hydrogens (tertiary/aromatic N) is 1. The Morgan fingerprint density at radius 1 is 1.15 bits per heavy atom. The zero-order chi connectivity index (χ0) is 19.7. The largest absolute Gasteiger partial charge is 0.497 e. The molecule has 6 nitrogen and oxygen atoms in total. The Kier molecular flexibility index (Phi) is 7.67. The second kappa shape index (κ2) is 9.97. The van der Waals surface area contributed by atoms with E-state index in [1.165, 1.54) is 4.88 Å². The molecule has 1 heterocycles. The summed E-state index contributed by atoms with van der Waals surface area (Å²) >= 11 is 1.76. The summed E-state index contributed by atoms with van der Waals surface area (Å²) in [5.41, 5.74) is 0.598. The predicted octanol–water partition coefficient (Wildman–Crippen LogP) is 2.63. The highest BCUT2D eigenvalue weighted by molar-refractivity contribution is 7.10. The van der Waals surface area contributed by atoms with Crippen LogP contribution in [0.4, 0.5) is 0 Å². The van der Waals surface area contributed by atoms with Crippen LogP contribution in [0.15, 0.2) is 46.8 Å². The summed E-state index contributed by atoms with van der Waals surface area (Å²) in [4.78, 5) is 17.7. The number of carbonyl (C=O) groups is 1. The second-order valence-electron chi connectivity index (χ2n) is 6.70. The number of nitrogens with one attached hydrogen (secondary N) is 3. The molecule has 3 N–H and O–H groups in total. The van der Waals surface area contributed by atoms with Crippen molar-refractivity contribution in [3.63, 3.8) is 0 Å². The van der Waals surface area contributed by atoms with Crippen molar-refractivity contribution in [3.05, 3.63) is 52.2 Å². The lowest BCUT2D eigenvalue weighted by Gasteiger charge is -2.25. The zero-order valence-corrected chi connectivity index (χ0v) is 17.2. The average Bonchev–Trinajstić information content (AvgIpc) is 3.23. The Balaban J connectivity index is 1.74. The molecule has 1 amide bonds. The van der Waals surface area contributed by atoms with Gasteiger partial charge in [-0.2, -0.15) is 0 Å². The first-order valence-electron chi connectivity index (χ1n) is 8.87. The zero-order valence-electron chi connectivity index (χ0n) is 16.3. The molecule has 2 aromatic rings. The smallest absolute Gasteiger partial charge is 0.251 e. The van der Waals surface area contributed by atoms with Gasteiger partial charge in [-0.05, 0) is 29.6 Å². The van der Waals surface area contributed by atoms with Crippen LogP contribution >= 0.6 is 11.3 Å². The van der Waals surface area contributed by atoms with Gasteiger partial charge in [0.15, 0.2) is 5.96 Å². The molecule has 27 heavy (non-hydrogen) atoms. The molecule has 0 aliphatic heterocycles. The quantitative estimate of drug-likeness (QED) is 0.369. The summed E-state index contributed by atoms with van der Waals surface area (Å²) in [7, 11) is 3.32. The third-order valence-corrected chi connectivity index (χ3v) is 5.38. The molecular weight excluding hydrogens is 360 g/mol. The fourth-order valence-corrected chi connectivity index (χ4v) is 3.35. The Morgan fingerprint density at radius 3 is 2.59 bits per heavy atom. The lowest BCUT2D eigenvalue weighted by atomic mass is 9.91. The number of benzene rings is 1. The van der Waals surface area contributed by atoms with Gasteiger partial charge in [-0.1, -0.05) is 26.0 Å². The molecule has 146 valence electrons. The van der Waals surface area contributed by atoms with Crippen LogP contribution in [0.5, 0.6) is 5.75 Å². The molecule has 0 radical (unpaired) electrons. The van der Waals surface area contributed by atoms with Crippen molar-refractivity contribution >= 4 is 23.2 Å². The summed E-state index contributed by atoms with van der Waals surface area (Å²) in [5, 5.41) is 11.5. The van der Waals surface area contributed by atoms with Crippen molar-refractivity contribution in [2.75, 3.05) is 33.8 Å². The average molecular weight is 389 g/mol. The Bertz CT molecular complexity index is 757. The first kappa shape index (κ1) is 20.8. The van der Waals surface area contributed by atoms with Crippen molar-refractivity contribution < 1.29 is 9.53 Å². The van der Waals surface area contributed by atoms with Gasteiger partial charge in [0.2, 0.25) is 0 Å². The van der Waals surface area contributed by atoms with E-state index < -0.39 is 0 Å². The summed E-state index contributed by atoms with van der Waals surface area (Å²) in [6, 6.07) is 11.3. The van der Waals surface area contributed by atoms with Crippen LogP contribution in [0, 0.1) is 0 Å². The van der Waals surface area contributed by atoms with Crippen LogP contribution < -0.4 is 20.7 Å². The number of ether oxygens (including phenoxy) is 1. The van der Waals surface area contributed by atoms with E-state index in [2.05, 4.69) is 52.3 Å². The fourth-order valence-electron chi connectivity index (χ4n) is 2.50. The third kappa shape index (κ3) is 6.29. The van der Waals surface area contributed by atoms with Crippen molar-refractivity contribution in [2.24, 2.45) is 4.99 Å². The number of amides is 1. The number of hydrogen-bond acceptors (Lipinski definition) is 4. The number of hydrogen-bond donors (Lipinski definition) is 3. The molecule has 1 aromatic heterocycles. The number of methoxy groups -OCH3 is 1. The van der Waals surface area contributed by atoms with Crippen molar-refractivity contribution in [3.8, 4) is 5.75 Å². The molecule has 0 aliphatic carbocycles. The van der Waals surface area contributed by atoms with E-state index in [0.717, 1.165) is 12.5 Å². The van der Waals surface area contributed by atoms with Crippen LogP contribution in [0.1, 0.15) is 29.1 Å². The molecule has 0 fully saturated rings. The van der Waals surface area contributed by atoms with Gasteiger partial charge in [-0.15, -0.1) is 11.3 Å². The van der Waals surface area contributed by atoms with Crippen molar-refractivity contribution in [2.45, 2.75) is 19.3 Å². The standard InChI is InChI=1S/C20H28N4O2S/c1-20(2,17-9-6-12-27-17)14-24-19(21-3)23-11-10-22-18(25)15-7-5-8-16(13-15)26-4/h5-9,12-13H,10-11,14H2,1-4H3,(H,22,25)(H2,21,23,24). The fraction of sp³-hybridized carbons (Fsp3) is 0.400. The number of thiophene rings is 1. The number of carbonyl (C=O) groups excluding carboxylic acids is 1. The van der Waals surface area contributed by atoms with Gasteiger partial charge in [-0.3, -0.25) is 9.79 Å². The number of rotatable bonds is 8. The van der Waals surface area contributed by atoms with E-state index in [9.17, 15) is 4.79 Å². The number of aliphatic imine (C=N–C) groups is 1. The summed E-state index contributed by atoms with van der Waals surface area (Å²) in [6.45, 7) is 6.24. The van der Waals surface area contributed by atoms with Gasteiger partial charge in [0.25, 0.3) is 5.91 Å². The molecule has 0 aliphatic rings. The monoisotopic (exact) mass is 388 g/mol. The van der Waals surface area contributed by atoms with Crippen LogP contribution in [0.25, 0.3) is 0 Å². The van der Waals surface area contributed by atoms with Crippen LogP contribution in [-0.4, -0.2) is 45.7 Å². The molecule has 1 aromatic carbocycles. The van der Waals surface area contributed by atoms with Crippen LogP contribution in [0.2, 0.25) is 0 Å². The summed E-state index contributed by atoms with van der Waals surface area (Å²) < 4.78 is 5.14. The van der Waals surface area contributed by atoms with Crippen LogP contribution in [0.3, 0.4) is 0 Å². The summed E-state index contributed by atoms with van der Waals surface area (Å²) in [5.74, 6) is 1.26. The molecule has 2 rings (SSSR count). The predicted molar refractivity (Wildman–Crippen MR) is 112 cm³/mol. The Labute approximate surface area is 165 Å². The Morgan fingerprint density at radius 2 is 1.93 bits per heavy atom. The molecule has 0 saturated carbocycles. The van der Waals surface area contributed by atoms with E-state index in [-0.39, 0.29) is 11.3 Å². The highest BCUT2D eigenvalue weighted by Crippen LogP contribution is 2.26.